The molecule has 0 amide bonds. The average Bonchev–Trinajstić information content (AvgIpc) is 3.03. The maximum atomic E-state index is 11.4. The van der Waals surface area contributed by atoms with E-state index >= 15 is 0 Å². The van der Waals surface area contributed by atoms with Crippen molar-refractivity contribution < 1.29 is 9.84 Å². The summed E-state index contributed by atoms with van der Waals surface area (Å²) in [7, 11) is 0. The summed E-state index contributed by atoms with van der Waals surface area (Å²) >= 11 is 0. The Hall–Kier alpha value is -2.75. The normalized spacial score (nSPS) is 23.0. The summed E-state index contributed by atoms with van der Waals surface area (Å²) in [6, 6.07) is 28.8. The first-order valence-corrected chi connectivity index (χ1v) is 7.92. The molecule has 3 aromatic carbocycles. The summed E-state index contributed by atoms with van der Waals surface area (Å²) in [5.74, 6) is -1.57. The zero-order valence-electron chi connectivity index (χ0n) is 13.0. The topological polar surface area (TPSA) is 41.8 Å². The average molecular weight is 315 g/mol. The molecule has 0 spiro atoms. The van der Waals surface area contributed by atoms with E-state index in [1.54, 1.807) is 0 Å². The number of ether oxygens (including phenoxy) is 1. The molecule has 0 radical (unpaired) electrons. The van der Waals surface area contributed by atoms with Gasteiger partial charge in [-0.2, -0.15) is 0 Å². The van der Waals surface area contributed by atoms with Crippen LogP contribution in [-0.4, -0.2) is 10.8 Å². The Labute approximate surface area is 140 Å². The van der Waals surface area contributed by atoms with Gasteiger partial charge in [0.1, 0.15) is 5.71 Å². The molecule has 1 heterocycles. The second-order valence-corrected chi connectivity index (χ2v) is 5.73. The van der Waals surface area contributed by atoms with Crippen LogP contribution in [0.25, 0.3) is 0 Å². The molecule has 4 rings (SSSR count). The molecule has 3 nitrogen and oxygen atoms in total. The van der Waals surface area contributed by atoms with E-state index in [0.717, 1.165) is 11.1 Å². The van der Waals surface area contributed by atoms with Crippen molar-refractivity contribution in [3.05, 3.63) is 108 Å². The van der Waals surface area contributed by atoms with Crippen LogP contribution < -0.4 is 0 Å². The zero-order valence-corrected chi connectivity index (χ0v) is 13.0. The highest BCUT2D eigenvalue weighted by Gasteiger charge is 2.45. The molecule has 0 aromatic heterocycles. The van der Waals surface area contributed by atoms with Crippen molar-refractivity contribution in [1.29, 1.82) is 0 Å². The van der Waals surface area contributed by atoms with E-state index in [-0.39, 0.29) is 0 Å². The highest BCUT2D eigenvalue weighted by atomic mass is 16.6. The summed E-state index contributed by atoms with van der Waals surface area (Å²) in [6.07, 6.45) is -0.536. The third-order valence-electron chi connectivity index (χ3n) is 4.15. The Morgan fingerprint density at radius 2 is 1.29 bits per heavy atom. The SMILES string of the molecule is O[C@]1(c2ccccc2)O[C@H](c2ccccc2)N=C1c1ccccc1. The first-order valence-electron chi connectivity index (χ1n) is 7.92. The Bertz CT molecular complexity index is 847. The number of benzene rings is 3. The molecule has 0 bridgehead atoms. The number of aliphatic imine (C=N–C) groups is 1. The monoisotopic (exact) mass is 315 g/mol. The molecule has 2 atom stereocenters. The van der Waals surface area contributed by atoms with Crippen LogP contribution in [0.1, 0.15) is 22.9 Å². The number of rotatable bonds is 3. The fourth-order valence-electron chi connectivity index (χ4n) is 2.94. The van der Waals surface area contributed by atoms with Crippen LogP contribution in [0, 0.1) is 0 Å². The lowest BCUT2D eigenvalue weighted by molar-refractivity contribution is -0.172. The van der Waals surface area contributed by atoms with Crippen molar-refractivity contribution >= 4 is 5.71 Å². The quantitative estimate of drug-likeness (QED) is 0.792. The molecule has 24 heavy (non-hydrogen) atoms. The van der Waals surface area contributed by atoms with Crippen molar-refractivity contribution in [2.75, 3.05) is 0 Å². The Balaban J connectivity index is 1.83. The molecule has 0 aliphatic carbocycles. The van der Waals surface area contributed by atoms with Crippen molar-refractivity contribution in [1.82, 2.24) is 0 Å². The van der Waals surface area contributed by atoms with Crippen LogP contribution >= 0.6 is 0 Å². The molecule has 3 heteroatoms. The van der Waals surface area contributed by atoms with Gasteiger partial charge in [0.2, 0.25) is 5.79 Å². The Morgan fingerprint density at radius 1 is 0.750 bits per heavy atom. The number of hydrogen-bond donors (Lipinski definition) is 1. The van der Waals surface area contributed by atoms with E-state index in [1.165, 1.54) is 0 Å². The maximum absolute atomic E-state index is 11.4. The van der Waals surface area contributed by atoms with Gasteiger partial charge in [0.15, 0.2) is 6.23 Å². The largest absolute Gasteiger partial charge is 0.357 e. The highest BCUT2D eigenvalue weighted by Crippen LogP contribution is 2.40. The molecular weight excluding hydrogens is 298 g/mol. The second-order valence-electron chi connectivity index (χ2n) is 5.73. The molecule has 1 aliphatic heterocycles. The van der Waals surface area contributed by atoms with Gasteiger partial charge in [-0.3, -0.25) is 0 Å². The maximum Gasteiger partial charge on any atom is 0.239 e. The van der Waals surface area contributed by atoms with E-state index in [4.69, 9.17) is 9.73 Å². The molecule has 1 aliphatic rings. The Morgan fingerprint density at radius 3 is 1.92 bits per heavy atom. The first-order chi connectivity index (χ1) is 11.8. The molecule has 1 N–H and O–H groups in total. The molecule has 0 unspecified atom stereocenters. The smallest absolute Gasteiger partial charge is 0.239 e. The molecule has 118 valence electrons. The van der Waals surface area contributed by atoms with Gasteiger partial charge < -0.3 is 9.84 Å². The van der Waals surface area contributed by atoms with E-state index in [0.29, 0.717) is 11.3 Å². The van der Waals surface area contributed by atoms with Gasteiger partial charge >= 0.3 is 0 Å². The minimum absolute atomic E-state index is 0.531. The van der Waals surface area contributed by atoms with E-state index in [1.807, 2.05) is 91.0 Å². The van der Waals surface area contributed by atoms with Gasteiger partial charge in [0.25, 0.3) is 0 Å². The third kappa shape index (κ3) is 2.54. The summed E-state index contributed by atoms with van der Waals surface area (Å²) in [6.45, 7) is 0. The summed E-state index contributed by atoms with van der Waals surface area (Å²) in [4.78, 5) is 4.70. The van der Waals surface area contributed by atoms with Gasteiger partial charge in [0, 0.05) is 16.7 Å². The van der Waals surface area contributed by atoms with Crippen LogP contribution in [0.2, 0.25) is 0 Å². The van der Waals surface area contributed by atoms with E-state index < -0.39 is 12.0 Å². The fourth-order valence-corrected chi connectivity index (χ4v) is 2.94. The second kappa shape index (κ2) is 6.04. The van der Waals surface area contributed by atoms with E-state index in [9.17, 15) is 5.11 Å². The number of aliphatic hydroxyl groups is 1. The summed E-state index contributed by atoms with van der Waals surface area (Å²) in [5.41, 5.74) is 2.97. The van der Waals surface area contributed by atoms with Crippen LogP contribution in [0.4, 0.5) is 0 Å². The fraction of sp³-hybridized carbons (Fsp3) is 0.0952. The van der Waals surface area contributed by atoms with Crippen LogP contribution in [0.15, 0.2) is 96.0 Å². The van der Waals surface area contributed by atoms with Gasteiger partial charge in [-0.05, 0) is 0 Å². The predicted molar refractivity (Wildman–Crippen MR) is 93.6 cm³/mol. The lowest BCUT2D eigenvalue weighted by Crippen LogP contribution is -2.35. The third-order valence-corrected chi connectivity index (χ3v) is 4.15. The van der Waals surface area contributed by atoms with Crippen LogP contribution in [-0.2, 0) is 10.5 Å². The van der Waals surface area contributed by atoms with Crippen molar-refractivity contribution in [2.45, 2.75) is 12.0 Å². The predicted octanol–water partition coefficient (Wildman–Crippen LogP) is 4.05. The van der Waals surface area contributed by atoms with Crippen molar-refractivity contribution in [3.63, 3.8) is 0 Å². The molecule has 3 aromatic rings. The summed E-state index contributed by atoms with van der Waals surface area (Å²) < 4.78 is 6.04. The molecular formula is C21H17NO2. The Kier molecular flexibility index (Phi) is 3.73. The van der Waals surface area contributed by atoms with Gasteiger partial charge in [0.05, 0.1) is 0 Å². The van der Waals surface area contributed by atoms with Gasteiger partial charge in [-0.25, -0.2) is 4.99 Å². The lowest BCUT2D eigenvalue weighted by atomic mass is 9.96. The molecule has 0 fully saturated rings. The number of nitrogens with zero attached hydrogens (tertiary/aromatic N) is 1. The minimum atomic E-state index is -1.57. The highest BCUT2D eigenvalue weighted by molar-refractivity contribution is 6.07. The van der Waals surface area contributed by atoms with Gasteiger partial charge in [-0.15, -0.1) is 0 Å². The minimum Gasteiger partial charge on any atom is -0.357 e. The summed E-state index contributed by atoms with van der Waals surface area (Å²) in [5, 5.41) is 11.4. The van der Waals surface area contributed by atoms with Crippen LogP contribution in [0.3, 0.4) is 0 Å². The van der Waals surface area contributed by atoms with Crippen LogP contribution in [0.5, 0.6) is 0 Å². The standard InChI is InChI=1S/C21H17NO2/c23-21(18-14-8-3-9-15-18)19(16-10-4-1-5-11-16)22-20(24-21)17-12-6-2-7-13-17/h1-15,20,23H/t20-,21-/m1/s1. The van der Waals surface area contributed by atoms with Crippen molar-refractivity contribution in [2.24, 2.45) is 4.99 Å². The molecule has 0 saturated carbocycles. The van der Waals surface area contributed by atoms with Gasteiger partial charge in [-0.1, -0.05) is 91.0 Å². The molecule has 0 saturated heterocycles. The number of hydrogen-bond acceptors (Lipinski definition) is 3. The van der Waals surface area contributed by atoms with E-state index in [2.05, 4.69) is 0 Å². The lowest BCUT2D eigenvalue weighted by Gasteiger charge is -2.25. The van der Waals surface area contributed by atoms with Crippen molar-refractivity contribution in [3.8, 4) is 0 Å². The zero-order chi connectivity index (χ0) is 16.4. The first kappa shape index (κ1) is 14.8.